The summed E-state index contributed by atoms with van der Waals surface area (Å²) in [5.74, 6) is 0.959. The largest absolute Gasteiger partial charge is 0.493 e. The third-order valence-electron chi connectivity index (χ3n) is 6.73. The second kappa shape index (κ2) is 19.1. The molecule has 2 aromatic rings. The first-order valence-corrected chi connectivity index (χ1v) is 14.4. The summed E-state index contributed by atoms with van der Waals surface area (Å²) in [4.78, 5) is 0. The molecule has 2 rings (SSSR count). The van der Waals surface area contributed by atoms with Gasteiger partial charge in [0, 0.05) is 0 Å². The van der Waals surface area contributed by atoms with Crippen LogP contribution in [0.25, 0.3) is 0 Å². The third kappa shape index (κ3) is 14.1. The molecule has 0 fully saturated rings. The van der Waals surface area contributed by atoms with Gasteiger partial charge in [-0.1, -0.05) is 121 Å². The molecule has 0 aliphatic heterocycles. The minimum atomic E-state index is 0.795. The van der Waals surface area contributed by atoms with Crippen molar-refractivity contribution in [2.45, 2.75) is 124 Å². The summed E-state index contributed by atoms with van der Waals surface area (Å²) in [5, 5.41) is 8.68. The van der Waals surface area contributed by atoms with E-state index in [0.717, 1.165) is 35.7 Å². The zero-order valence-corrected chi connectivity index (χ0v) is 22.9. The summed E-state index contributed by atoms with van der Waals surface area (Å²) in [7, 11) is 0. The summed E-state index contributed by atoms with van der Waals surface area (Å²) in [6.45, 7) is 7.24. The molecule has 0 atom stereocenters. The SMILES string of the molecule is CCCCCCCCCCCCCCCCCCOc1ccc(N=Nc2ccc(C)cc2)cc1C. The van der Waals surface area contributed by atoms with E-state index in [4.69, 9.17) is 4.74 Å². The Balaban J connectivity index is 1.44. The minimum Gasteiger partial charge on any atom is -0.493 e. The Hall–Kier alpha value is -2.16. The molecule has 0 amide bonds. The van der Waals surface area contributed by atoms with Gasteiger partial charge in [0.1, 0.15) is 5.75 Å². The molecule has 194 valence electrons. The van der Waals surface area contributed by atoms with E-state index < -0.39 is 0 Å². The Morgan fingerprint density at radius 2 is 1.00 bits per heavy atom. The first kappa shape index (κ1) is 29.1. The quantitative estimate of drug-likeness (QED) is 0.138. The second-order valence-electron chi connectivity index (χ2n) is 10.1. The van der Waals surface area contributed by atoms with Crippen LogP contribution in [0, 0.1) is 13.8 Å². The van der Waals surface area contributed by atoms with Crippen LogP contribution in [0.15, 0.2) is 52.7 Å². The van der Waals surface area contributed by atoms with Gasteiger partial charge in [-0.2, -0.15) is 10.2 Å². The molecule has 35 heavy (non-hydrogen) atoms. The summed E-state index contributed by atoms with van der Waals surface area (Å²) in [6, 6.07) is 14.1. The molecule has 0 saturated heterocycles. The molecule has 0 aliphatic rings. The molecule has 3 nitrogen and oxygen atoms in total. The van der Waals surface area contributed by atoms with Crippen LogP contribution in [-0.2, 0) is 0 Å². The fourth-order valence-corrected chi connectivity index (χ4v) is 4.42. The molecule has 0 aliphatic carbocycles. The molecule has 3 heteroatoms. The molecule has 0 spiro atoms. The summed E-state index contributed by atoms with van der Waals surface area (Å²) < 4.78 is 6.01. The standard InChI is InChI=1S/C32H50N2O/c1-4-5-6-7-8-9-10-11-12-13-14-15-16-17-18-19-26-35-32-25-24-31(27-29(32)3)34-33-30-22-20-28(2)21-23-30/h20-25,27H,4-19,26H2,1-3H3. The van der Waals surface area contributed by atoms with Crippen molar-refractivity contribution in [1.82, 2.24) is 0 Å². The van der Waals surface area contributed by atoms with E-state index >= 15 is 0 Å². The first-order valence-electron chi connectivity index (χ1n) is 14.4. The Kier molecular flexibility index (Phi) is 15.8. The fraction of sp³-hybridized carbons (Fsp3) is 0.625. The van der Waals surface area contributed by atoms with Gasteiger partial charge in [0.2, 0.25) is 0 Å². The molecule has 0 saturated carbocycles. The molecule has 0 bridgehead atoms. The summed E-state index contributed by atoms with van der Waals surface area (Å²) in [5.41, 5.74) is 4.07. The maximum Gasteiger partial charge on any atom is 0.122 e. The third-order valence-corrected chi connectivity index (χ3v) is 6.73. The van der Waals surface area contributed by atoms with Gasteiger partial charge in [-0.15, -0.1) is 0 Å². The number of hydrogen-bond donors (Lipinski definition) is 0. The molecule has 0 unspecified atom stereocenters. The van der Waals surface area contributed by atoms with Crippen molar-refractivity contribution in [2.75, 3.05) is 6.61 Å². The van der Waals surface area contributed by atoms with Crippen molar-refractivity contribution in [3.63, 3.8) is 0 Å². The van der Waals surface area contributed by atoms with E-state index in [2.05, 4.69) is 43.1 Å². The number of hydrogen-bond acceptors (Lipinski definition) is 3. The van der Waals surface area contributed by atoms with Crippen molar-refractivity contribution < 1.29 is 4.74 Å². The van der Waals surface area contributed by atoms with E-state index in [1.54, 1.807) is 0 Å². The maximum absolute atomic E-state index is 6.01. The highest BCUT2D eigenvalue weighted by Gasteiger charge is 2.02. The zero-order valence-electron chi connectivity index (χ0n) is 22.9. The number of rotatable bonds is 20. The predicted octanol–water partition coefficient (Wildman–Crippen LogP) is 11.4. The van der Waals surface area contributed by atoms with Gasteiger partial charge < -0.3 is 4.74 Å². The average Bonchev–Trinajstić information content (AvgIpc) is 2.86. The van der Waals surface area contributed by atoms with E-state index in [9.17, 15) is 0 Å². The Morgan fingerprint density at radius 1 is 0.543 bits per heavy atom. The maximum atomic E-state index is 6.01. The molecule has 0 radical (unpaired) electrons. The number of ether oxygens (including phenoxy) is 1. The van der Waals surface area contributed by atoms with Crippen LogP contribution in [0.2, 0.25) is 0 Å². The number of aryl methyl sites for hydroxylation is 2. The molecule has 0 aromatic heterocycles. The van der Waals surface area contributed by atoms with Crippen molar-refractivity contribution in [3.05, 3.63) is 53.6 Å². The topological polar surface area (TPSA) is 34.0 Å². The number of unbranched alkanes of at least 4 members (excludes halogenated alkanes) is 15. The van der Waals surface area contributed by atoms with Crippen molar-refractivity contribution in [2.24, 2.45) is 10.2 Å². The Labute approximate surface area is 215 Å². The van der Waals surface area contributed by atoms with Crippen molar-refractivity contribution in [1.29, 1.82) is 0 Å². The normalized spacial score (nSPS) is 11.4. The lowest BCUT2D eigenvalue weighted by Crippen LogP contribution is -1.98. The molecule has 0 heterocycles. The van der Waals surface area contributed by atoms with E-state index in [-0.39, 0.29) is 0 Å². The van der Waals surface area contributed by atoms with Crippen LogP contribution in [0.1, 0.15) is 121 Å². The lowest BCUT2D eigenvalue weighted by molar-refractivity contribution is 0.302. The van der Waals surface area contributed by atoms with Crippen molar-refractivity contribution in [3.8, 4) is 5.75 Å². The average molecular weight is 479 g/mol. The summed E-state index contributed by atoms with van der Waals surface area (Å²) >= 11 is 0. The smallest absolute Gasteiger partial charge is 0.122 e. The van der Waals surface area contributed by atoms with E-state index in [0.29, 0.717) is 0 Å². The highest BCUT2D eigenvalue weighted by atomic mass is 16.5. The number of azo groups is 1. The highest BCUT2D eigenvalue weighted by Crippen LogP contribution is 2.26. The second-order valence-corrected chi connectivity index (χ2v) is 10.1. The van der Waals surface area contributed by atoms with Gasteiger partial charge in [-0.25, -0.2) is 0 Å². The lowest BCUT2D eigenvalue weighted by atomic mass is 10.0. The fourth-order valence-electron chi connectivity index (χ4n) is 4.42. The molecular formula is C32H50N2O. The van der Waals surface area contributed by atoms with Crippen LogP contribution in [-0.4, -0.2) is 6.61 Å². The van der Waals surface area contributed by atoms with Crippen LogP contribution in [0.4, 0.5) is 11.4 Å². The summed E-state index contributed by atoms with van der Waals surface area (Å²) in [6.07, 6.45) is 22.3. The van der Waals surface area contributed by atoms with Gasteiger partial charge in [-0.3, -0.25) is 0 Å². The minimum absolute atomic E-state index is 0.795. The van der Waals surface area contributed by atoms with E-state index in [1.807, 2.05) is 30.3 Å². The van der Waals surface area contributed by atoms with E-state index in [1.165, 1.54) is 102 Å². The van der Waals surface area contributed by atoms with Gasteiger partial charge >= 0.3 is 0 Å². The van der Waals surface area contributed by atoms with Crippen molar-refractivity contribution >= 4 is 11.4 Å². The Bertz CT molecular complexity index is 813. The molecule has 2 aromatic carbocycles. The highest BCUT2D eigenvalue weighted by molar-refractivity contribution is 5.47. The predicted molar refractivity (Wildman–Crippen MR) is 152 cm³/mol. The van der Waals surface area contributed by atoms with Gasteiger partial charge in [0.05, 0.1) is 18.0 Å². The monoisotopic (exact) mass is 478 g/mol. The Morgan fingerprint density at radius 3 is 1.51 bits per heavy atom. The molecule has 0 N–H and O–H groups in total. The first-order chi connectivity index (χ1) is 17.2. The van der Waals surface area contributed by atoms with Crippen LogP contribution in [0.3, 0.4) is 0 Å². The number of nitrogens with zero attached hydrogens (tertiary/aromatic N) is 2. The van der Waals surface area contributed by atoms with Gasteiger partial charge in [-0.05, 0) is 56.2 Å². The van der Waals surface area contributed by atoms with Crippen LogP contribution >= 0.6 is 0 Å². The zero-order chi connectivity index (χ0) is 25.0. The van der Waals surface area contributed by atoms with Crippen LogP contribution in [0.5, 0.6) is 5.75 Å². The lowest BCUT2D eigenvalue weighted by Gasteiger charge is -2.09. The van der Waals surface area contributed by atoms with Crippen LogP contribution < -0.4 is 4.74 Å². The van der Waals surface area contributed by atoms with Gasteiger partial charge in [0.15, 0.2) is 0 Å². The van der Waals surface area contributed by atoms with Gasteiger partial charge in [0.25, 0.3) is 0 Å². The number of benzene rings is 2. The molecular weight excluding hydrogens is 428 g/mol.